The monoisotopic (exact) mass is 449 g/mol. The average Bonchev–Trinajstić information content (AvgIpc) is 3.17. The minimum Gasteiger partial charge on any atom is -0.368 e. The number of halogens is 2. The SMILES string of the molecule is CC1(C)c2[nH]c3cc(Br)c(Cl)cc3c2C[C@H]2CN3CCC[C@@]3(C(N)=O)C[C@H]21. The Bertz CT molecular complexity index is 968. The smallest absolute Gasteiger partial charge is 0.237 e. The highest BCUT2D eigenvalue weighted by Gasteiger charge is 2.57. The Balaban J connectivity index is 1.65. The predicted octanol–water partition coefficient (Wildman–Crippen LogP) is 4.37. The van der Waals surface area contributed by atoms with Crippen LogP contribution in [0.2, 0.25) is 5.02 Å². The van der Waals surface area contributed by atoms with Crippen molar-refractivity contribution in [3.05, 3.63) is 32.9 Å². The van der Waals surface area contributed by atoms with Gasteiger partial charge in [-0.15, -0.1) is 0 Å². The Hall–Kier alpha value is -1.04. The van der Waals surface area contributed by atoms with Crippen LogP contribution >= 0.6 is 27.5 Å². The van der Waals surface area contributed by atoms with Gasteiger partial charge in [0.05, 0.1) is 5.02 Å². The second kappa shape index (κ2) is 5.74. The lowest BCUT2D eigenvalue weighted by Crippen LogP contribution is -2.63. The largest absolute Gasteiger partial charge is 0.368 e. The van der Waals surface area contributed by atoms with Crippen LogP contribution in [0.5, 0.6) is 0 Å². The van der Waals surface area contributed by atoms with Crippen molar-refractivity contribution in [3.8, 4) is 0 Å². The number of primary amides is 1. The van der Waals surface area contributed by atoms with Crippen LogP contribution in [0, 0.1) is 11.8 Å². The van der Waals surface area contributed by atoms with Crippen molar-refractivity contribution in [2.24, 2.45) is 17.6 Å². The molecule has 1 amide bonds. The molecule has 3 aliphatic rings. The highest BCUT2D eigenvalue weighted by Crippen LogP contribution is 2.54. The van der Waals surface area contributed by atoms with E-state index in [0.717, 1.165) is 53.8 Å². The number of H-pyrrole nitrogens is 1. The number of carbonyl (C=O) groups is 1. The molecule has 3 heterocycles. The highest BCUT2D eigenvalue weighted by atomic mass is 79.9. The number of rotatable bonds is 1. The van der Waals surface area contributed by atoms with E-state index >= 15 is 0 Å². The molecule has 1 aromatic carbocycles. The molecule has 2 saturated heterocycles. The molecule has 3 atom stereocenters. The van der Waals surface area contributed by atoms with Gasteiger partial charge in [0, 0.05) is 33.0 Å². The molecule has 2 aliphatic heterocycles. The normalized spacial score (nSPS) is 32.1. The molecule has 4 nitrogen and oxygen atoms in total. The van der Waals surface area contributed by atoms with E-state index in [0.29, 0.717) is 11.8 Å². The van der Waals surface area contributed by atoms with E-state index in [1.165, 1.54) is 16.6 Å². The van der Waals surface area contributed by atoms with Gasteiger partial charge in [0.2, 0.25) is 5.91 Å². The lowest BCUT2D eigenvalue weighted by Gasteiger charge is -2.54. The summed E-state index contributed by atoms with van der Waals surface area (Å²) in [4.78, 5) is 18.5. The van der Waals surface area contributed by atoms with E-state index in [1.807, 2.05) is 0 Å². The van der Waals surface area contributed by atoms with Crippen molar-refractivity contribution in [1.82, 2.24) is 9.88 Å². The summed E-state index contributed by atoms with van der Waals surface area (Å²) < 4.78 is 0.916. The summed E-state index contributed by atoms with van der Waals surface area (Å²) >= 11 is 9.95. The zero-order chi connectivity index (χ0) is 19.1. The summed E-state index contributed by atoms with van der Waals surface area (Å²) in [6.45, 7) is 6.61. The molecule has 144 valence electrons. The highest BCUT2D eigenvalue weighted by molar-refractivity contribution is 9.10. The predicted molar refractivity (Wildman–Crippen MR) is 112 cm³/mol. The second-order valence-electron chi connectivity index (χ2n) is 9.23. The molecule has 27 heavy (non-hydrogen) atoms. The third-order valence-electron chi connectivity index (χ3n) is 7.65. The Kier molecular flexibility index (Phi) is 3.83. The minimum absolute atomic E-state index is 0.0344. The number of carbonyl (C=O) groups excluding carboxylic acids is 1. The summed E-state index contributed by atoms with van der Waals surface area (Å²) in [5, 5.41) is 1.98. The van der Waals surface area contributed by atoms with Crippen LogP contribution in [0.25, 0.3) is 10.9 Å². The summed E-state index contributed by atoms with van der Waals surface area (Å²) in [6, 6.07) is 4.16. The van der Waals surface area contributed by atoms with Crippen molar-refractivity contribution >= 4 is 44.3 Å². The first-order chi connectivity index (χ1) is 12.7. The van der Waals surface area contributed by atoms with Gasteiger partial charge in [0.15, 0.2) is 0 Å². The molecular weight excluding hydrogens is 426 g/mol. The minimum atomic E-state index is -0.436. The van der Waals surface area contributed by atoms with Gasteiger partial charge in [-0.3, -0.25) is 9.69 Å². The first-order valence-corrected chi connectivity index (χ1v) is 11.0. The lowest BCUT2D eigenvalue weighted by molar-refractivity contribution is -0.135. The number of piperidine rings is 1. The van der Waals surface area contributed by atoms with Crippen LogP contribution in [0.15, 0.2) is 16.6 Å². The molecular formula is C21H25BrClN3O. The molecule has 5 rings (SSSR count). The quantitative estimate of drug-likeness (QED) is 0.677. The van der Waals surface area contributed by atoms with Gasteiger partial charge in [0.1, 0.15) is 5.54 Å². The number of benzene rings is 1. The van der Waals surface area contributed by atoms with Crippen molar-refractivity contribution in [3.63, 3.8) is 0 Å². The van der Waals surface area contributed by atoms with E-state index in [4.69, 9.17) is 17.3 Å². The van der Waals surface area contributed by atoms with Crippen molar-refractivity contribution in [1.29, 1.82) is 0 Å². The first kappa shape index (κ1) is 18.0. The zero-order valence-corrected chi connectivity index (χ0v) is 18.1. The zero-order valence-electron chi connectivity index (χ0n) is 15.7. The summed E-state index contributed by atoms with van der Waals surface area (Å²) in [6.07, 6.45) is 3.89. The summed E-state index contributed by atoms with van der Waals surface area (Å²) in [5.41, 5.74) is 9.30. The molecule has 1 aliphatic carbocycles. The topological polar surface area (TPSA) is 62.1 Å². The van der Waals surface area contributed by atoms with Crippen molar-refractivity contribution in [2.45, 2.75) is 50.5 Å². The maximum atomic E-state index is 12.5. The standard InChI is InChI=1S/C21H25BrClN3O/c1-20(2)14-9-21(19(24)27)4-3-5-26(21)10-11(14)6-13-12-7-16(23)15(22)8-17(12)25-18(13)20/h7-8,11,14,25H,3-6,9-10H2,1-2H3,(H2,24,27)/t11-,14+,21-/m0/s1. The Morgan fingerprint density at radius 2 is 2.19 bits per heavy atom. The first-order valence-electron chi connectivity index (χ1n) is 9.79. The van der Waals surface area contributed by atoms with Gasteiger partial charge in [-0.05, 0) is 77.7 Å². The van der Waals surface area contributed by atoms with Gasteiger partial charge in [-0.25, -0.2) is 0 Å². The Morgan fingerprint density at radius 3 is 2.93 bits per heavy atom. The number of nitrogens with two attached hydrogens (primary N) is 1. The van der Waals surface area contributed by atoms with E-state index in [1.54, 1.807) is 0 Å². The molecule has 0 spiro atoms. The van der Waals surface area contributed by atoms with Crippen LogP contribution < -0.4 is 5.73 Å². The molecule has 6 heteroatoms. The molecule has 0 unspecified atom stereocenters. The number of hydrogen-bond acceptors (Lipinski definition) is 2. The fourth-order valence-corrected chi connectivity index (χ4v) is 6.76. The molecule has 3 N–H and O–H groups in total. The molecule has 1 aromatic heterocycles. The Labute approximate surface area is 172 Å². The van der Waals surface area contributed by atoms with Gasteiger partial charge >= 0.3 is 0 Å². The average molecular weight is 451 g/mol. The van der Waals surface area contributed by atoms with E-state index in [-0.39, 0.29) is 11.3 Å². The number of amides is 1. The molecule has 0 bridgehead atoms. The molecule has 2 fully saturated rings. The fraction of sp³-hybridized carbons (Fsp3) is 0.571. The number of aromatic nitrogens is 1. The van der Waals surface area contributed by atoms with Gasteiger partial charge in [-0.1, -0.05) is 25.4 Å². The van der Waals surface area contributed by atoms with Crippen LogP contribution in [0.3, 0.4) is 0 Å². The number of fused-ring (bicyclic) bond motifs is 5. The number of aromatic amines is 1. The maximum Gasteiger partial charge on any atom is 0.237 e. The lowest BCUT2D eigenvalue weighted by atomic mass is 9.57. The van der Waals surface area contributed by atoms with Crippen molar-refractivity contribution in [2.75, 3.05) is 13.1 Å². The van der Waals surface area contributed by atoms with Crippen molar-refractivity contribution < 1.29 is 4.79 Å². The third kappa shape index (κ3) is 2.34. The molecule has 2 aromatic rings. The molecule has 0 saturated carbocycles. The van der Waals surface area contributed by atoms with Gasteiger partial charge in [0.25, 0.3) is 0 Å². The van der Waals surface area contributed by atoms with Crippen LogP contribution in [0.4, 0.5) is 0 Å². The van der Waals surface area contributed by atoms with E-state index in [2.05, 4.69) is 51.8 Å². The number of hydrogen-bond donors (Lipinski definition) is 2. The summed E-state index contributed by atoms with van der Waals surface area (Å²) in [7, 11) is 0. The Morgan fingerprint density at radius 1 is 1.41 bits per heavy atom. The summed E-state index contributed by atoms with van der Waals surface area (Å²) in [5.74, 6) is 0.853. The van der Waals surface area contributed by atoms with Crippen LogP contribution in [0.1, 0.15) is 44.4 Å². The van der Waals surface area contributed by atoms with E-state index < -0.39 is 5.54 Å². The van der Waals surface area contributed by atoms with Crippen LogP contribution in [-0.2, 0) is 16.6 Å². The van der Waals surface area contributed by atoms with E-state index in [9.17, 15) is 4.79 Å². The number of nitrogens with zero attached hydrogens (tertiary/aromatic N) is 1. The van der Waals surface area contributed by atoms with Crippen LogP contribution in [-0.4, -0.2) is 34.4 Å². The maximum absolute atomic E-state index is 12.5. The fourth-order valence-electron chi connectivity index (χ4n) is 6.26. The number of nitrogens with one attached hydrogen (secondary N) is 1. The second-order valence-corrected chi connectivity index (χ2v) is 10.5. The third-order valence-corrected chi connectivity index (χ3v) is 8.85. The van der Waals surface area contributed by atoms with Gasteiger partial charge in [-0.2, -0.15) is 0 Å². The van der Waals surface area contributed by atoms with Gasteiger partial charge < -0.3 is 10.7 Å². The molecule has 0 radical (unpaired) electrons.